The van der Waals surface area contributed by atoms with Gasteiger partial charge in [-0.1, -0.05) is 13.3 Å². The molecule has 1 aliphatic carbocycles. The van der Waals surface area contributed by atoms with Crippen LogP contribution in [-0.4, -0.2) is 66.2 Å². The molecule has 2 fully saturated rings. The SMILES string of the molecule is CCCC1(CNC(=O)N2CCCN(CC(=O)O)CC2)CC1. The summed E-state index contributed by atoms with van der Waals surface area (Å²) >= 11 is 0. The lowest BCUT2D eigenvalue weighted by Gasteiger charge is -2.23. The van der Waals surface area contributed by atoms with Crippen LogP contribution in [-0.2, 0) is 4.79 Å². The van der Waals surface area contributed by atoms with Crippen LogP contribution >= 0.6 is 0 Å². The van der Waals surface area contributed by atoms with E-state index in [0.29, 0.717) is 25.0 Å². The second-order valence-electron chi connectivity index (χ2n) is 6.42. The lowest BCUT2D eigenvalue weighted by atomic mass is 10.0. The summed E-state index contributed by atoms with van der Waals surface area (Å²) in [6.45, 7) is 5.75. The molecule has 0 atom stereocenters. The normalized spacial score (nSPS) is 21.7. The fourth-order valence-electron chi connectivity index (χ4n) is 3.12. The molecule has 6 nitrogen and oxygen atoms in total. The van der Waals surface area contributed by atoms with E-state index in [4.69, 9.17) is 5.11 Å². The molecule has 0 aromatic rings. The molecule has 2 rings (SSSR count). The standard InChI is InChI=1S/C15H27N3O3/c1-2-4-15(5-6-15)12-16-14(21)18-8-3-7-17(9-10-18)11-13(19)20/h2-12H2,1H3,(H,16,21)(H,19,20). The first-order chi connectivity index (χ1) is 10.0. The Bertz CT molecular complexity index is 382. The van der Waals surface area contributed by atoms with Gasteiger partial charge in [0.2, 0.25) is 0 Å². The number of carbonyl (C=O) groups is 2. The van der Waals surface area contributed by atoms with Crippen LogP contribution in [0.1, 0.15) is 39.0 Å². The van der Waals surface area contributed by atoms with Crippen LogP contribution in [0, 0.1) is 5.41 Å². The van der Waals surface area contributed by atoms with Crippen molar-refractivity contribution in [3.8, 4) is 0 Å². The van der Waals surface area contributed by atoms with Crippen molar-refractivity contribution in [1.82, 2.24) is 15.1 Å². The highest BCUT2D eigenvalue weighted by atomic mass is 16.4. The number of hydrogen-bond acceptors (Lipinski definition) is 3. The van der Waals surface area contributed by atoms with Crippen molar-refractivity contribution in [2.45, 2.75) is 39.0 Å². The summed E-state index contributed by atoms with van der Waals surface area (Å²) < 4.78 is 0. The summed E-state index contributed by atoms with van der Waals surface area (Å²) in [6, 6.07) is 0.00885. The van der Waals surface area contributed by atoms with E-state index >= 15 is 0 Å². The Morgan fingerprint density at radius 3 is 2.57 bits per heavy atom. The largest absolute Gasteiger partial charge is 0.480 e. The van der Waals surface area contributed by atoms with E-state index in [2.05, 4.69) is 12.2 Å². The van der Waals surface area contributed by atoms with Crippen molar-refractivity contribution in [3.63, 3.8) is 0 Å². The molecule has 0 bridgehead atoms. The van der Waals surface area contributed by atoms with Gasteiger partial charge in [-0.25, -0.2) is 4.79 Å². The summed E-state index contributed by atoms with van der Waals surface area (Å²) in [5.41, 5.74) is 0.367. The number of carboxylic acid groups (broad SMARTS) is 1. The average Bonchev–Trinajstić information content (AvgIpc) is 3.21. The van der Waals surface area contributed by atoms with Crippen LogP contribution in [0.5, 0.6) is 0 Å². The Hall–Kier alpha value is -1.30. The predicted octanol–water partition coefficient (Wildman–Crippen LogP) is 1.37. The van der Waals surface area contributed by atoms with Crippen molar-refractivity contribution in [1.29, 1.82) is 0 Å². The molecular formula is C15H27N3O3. The van der Waals surface area contributed by atoms with E-state index in [1.807, 2.05) is 9.80 Å². The van der Waals surface area contributed by atoms with Crippen molar-refractivity contribution >= 4 is 12.0 Å². The summed E-state index contributed by atoms with van der Waals surface area (Å²) in [5, 5.41) is 11.9. The molecule has 0 aromatic heterocycles. The Kier molecular flexibility index (Phi) is 5.45. The van der Waals surface area contributed by atoms with Crippen molar-refractivity contribution in [2.24, 2.45) is 5.41 Å². The monoisotopic (exact) mass is 297 g/mol. The minimum absolute atomic E-state index is 0.00885. The quantitative estimate of drug-likeness (QED) is 0.776. The maximum Gasteiger partial charge on any atom is 0.317 e. The lowest BCUT2D eigenvalue weighted by molar-refractivity contribution is -0.138. The van der Waals surface area contributed by atoms with Gasteiger partial charge in [-0.2, -0.15) is 0 Å². The summed E-state index contributed by atoms with van der Waals surface area (Å²) in [4.78, 5) is 26.7. The third-order valence-electron chi connectivity index (χ3n) is 4.59. The number of aliphatic carboxylic acids is 1. The van der Waals surface area contributed by atoms with Gasteiger partial charge in [0.1, 0.15) is 0 Å². The van der Waals surface area contributed by atoms with Gasteiger partial charge in [0.25, 0.3) is 0 Å². The number of urea groups is 1. The van der Waals surface area contributed by atoms with E-state index in [9.17, 15) is 9.59 Å². The van der Waals surface area contributed by atoms with E-state index in [1.165, 1.54) is 25.7 Å². The van der Waals surface area contributed by atoms with Gasteiger partial charge in [0, 0.05) is 32.7 Å². The maximum absolute atomic E-state index is 12.2. The second kappa shape index (κ2) is 7.11. The molecule has 2 amide bonds. The Labute approximate surface area is 126 Å². The first-order valence-electron chi connectivity index (χ1n) is 8.02. The highest BCUT2D eigenvalue weighted by molar-refractivity contribution is 5.74. The predicted molar refractivity (Wildman–Crippen MR) is 80.2 cm³/mol. The van der Waals surface area contributed by atoms with Gasteiger partial charge in [-0.05, 0) is 31.1 Å². The van der Waals surface area contributed by atoms with Crippen molar-refractivity contribution < 1.29 is 14.7 Å². The fourth-order valence-corrected chi connectivity index (χ4v) is 3.12. The van der Waals surface area contributed by atoms with Gasteiger partial charge in [0.05, 0.1) is 6.54 Å². The smallest absolute Gasteiger partial charge is 0.317 e. The van der Waals surface area contributed by atoms with Gasteiger partial charge in [0.15, 0.2) is 0 Å². The molecule has 120 valence electrons. The van der Waals surface area contributed by atoms with E-state index < -0.39 is 5.97 Å². The van der Waals surface area contributed by atoms with E-state index in [-0.39, 0.29) is 12.6 Å². The first kappa shape index (κ1) is 16.1. The molecule has 6 heteroatoms. The number of rotatable bonds is 6. The number of amides is 2. The van der Waals surface area contributed by atoms with Crippen LogP contribution < -0.4 is 5.32 Å². The zero-order chi connectivity index (χ0) is 15.3. The minimum atomic E-state index is -0.803. The molecular weight excluding hydrogens is 270 g/mol. The number of nitrogens with one attached hydrogen (secondary N) is 1. The molecule has 0 aromatic carbocycles. The van der Waals surface area contributed by atoms with Crippen molar-refractivity contribution in [3.05, 3.63) is 0 Å². The van der Waals surface area contributed by atoms with Crippen LogP contribution in [0.15, 0.2) is 0 Å². The third kappa shape index (κ3) is 4.88. The summed E-state index contributed by atoms with van der Waals surface area (Å²) in [5.74, 6) is -0.803. The number of carbonyl (C=O) groups excluding carboxylic acids is 1. The third-order valence-corrected chi connectivity index (χ3v) is 4.59. The molecule has 2 N–H and O–H groups in total. The van der Waals surface area contributed by atoms with Crippen LogP contribution in [0.4, 0.5) is 4.79 Å². The molecule has 1 saturated carbocycles. The zero-order valence-corrected chi connectivity index (χ0v) is 12.9. The fraction of sp³-hybridized carbons (Fsp3) is 0.867. The Morgan fingerprint density at radius 1 is 1.19 bits per heavy atom. The number of hydrogen-bond donors (Lipinski definition) is 2. The summed E-state index contributed by atoms with van der Waals surface area (Å²) in [6.07, 6.45) is 5.66. The van der Waals surface area contributed by atoms with Crippen LogP contribution in [0.2, 0.25) is 0 Å². The highest BCUT2D eigenvalue weighted by Gasteiger charge is 2.41. The van der Waals surface area contributed by atoms with Crippen molar-refractivity contribution in [2.75, 3.05) is 39.3 Å². The van der Waals surface area contributed by atoms with Crippen LogP contribution in [0.25, 0.3) is 0 Å². The van der Waals surface area contributed by atoms with E-state index in [0.717, 1.165) is 19.5 Å². The molecule has 1 aliphatic heterocycles. The Morgan fingerprint density at radius 2 is 1.95 bits per heavy atom. The maximum atomic E-state index is 12.2. The van der Waals surface area contributed by atoms with Crippen LogP contribution in [0.3, 0.4) is 0 Å². The molecule has 0 spiro atoms. The Balaban J connectivity index is 1.74. The lowest BCUT2D eigenvalue weighted by Crippen LogP contribution is -2.44. The molecule has 21 heavy (non-hydrogen) atoms. The number of carboxylic acids is 1. The van der Waals surface area contributed by atoms with E-state index in [1.54, 1.807) is 0 Å². The molecule has 2 aliphatic rings. The second-order valence-corrected chi connectivity index (χ2v) is 6.42. The molecule has 0 radical (unpaired) electrons. The minimum Gasteiger partial charge on any atom is -0.480 e. The molecule has 1 saturated heterocycles. The highest BCUT2D eigenvalue weighted by Crippen LogP contribution is 2.48. The molecule has 0 unspecified atom stereocenters. The first-order valence-corrected chi connectivity index (χ1v) is 8.02. The van der Waals surface area contributed by atoms with Gasteiger partial charge < -0.3 is 15.3 Å². The van der Waals surface area contributed by atoms with Gasteiger partial charge >= 0.3 is 12.0 Å². The topological polar surface area (TPSA) is 72.9 Å². The molecule has 1 heterocycles. The van der Waals surface area contributed by atoms with Gasteiger partial charge in [-0.15, -0.1) is 0 Å². The zero-order valence-electron chi connectivity index (χ0n) is 12.9. The summed E-state index contributed by atoms with van der Waals surface area (Å²) in [7, 11) is 0. The van der Waals surface area contributed by atoms with Gasteiger partial charge in [-0.3, -0.25) is 9.69 Å². The number of nitrogens with zero attached hydrogens (tertiary/aromatic N) is 2. The average molecular weight is 297 g/mol.